The molecule has 2 amide bonds. The van der Waals surface area contributed by atoms with Crippen molar-refractivity contribution in [3.8, 4) is 0 Å². The first-order chi connectivity index (χ1) is 13.6. The topological polar surface area (TPSA) is 83.0 Å². The monoisotopic (exact) mass is 383 g/mol. The second-order valence-electron chi connectivity index (χ2n) is 6.92. The molecule has 0 bridgehead atoms. The van der Waals surface area contributed by atoms with Gasteiger partial charge in [-0.25, -0.2) is 0 Å². The second kappa shape index (κ2) is 8.95. The number of likely N-dealkylation sites (tertiary alicyclic amines) is 1. The number of likely N-dealkylation sites (N-methyl/N-ethyl adjacent to an activating group) is 1. The molecule has 148 valence electrons. The second-order valence-corrected chi connectivity index (χ2v) is 6.92. The molecule has 3 rings (SSSR count). The first-order valence-corrected chi connectivity index (χ1v) is 9.19. The molecule has 0 unspecified atom stereocenters. The van der Waals surface area contributed by atoms with E-state index in [1.807, 2.05) is 30.3 Å². The summed E-state index contributed by atoms with van der Waals surface area (Å²) in [5.41, 5.74) is 1.53. The molecule has 1 aliphatic rings. The fraction of sp³-hybridized carbons (Fsp3) is 0.381. The van der Waals surface area contributed by atoms with E-state index in [0.29, 0.717) is 12.1 Å². The summed E-state index contributed by atoms with van der Waals surface area (Å²) < 4.78 is 5.00. The van der Waals surface area contributed by atoms with Crippen molar-refractivity contribution in [3.63, 3.8) is 0 Å². The minimum absolute atomic E-state index is 0.0591. The third kappa shape index (κ3) is 3.90. The minimum Gasteiger partial charge on any atom is -0.394 e. The van der Waals surface area contributed by atoms with Gasteiger partial charge in [0.25, 0.3) is 5.91 Å². The summed E-state index contributed by atoms with van der Waals surface area (Å²) in [5.74, 6) is -0.413. The molecule has 1 saturated heterocycles. The van der Waals surface area contributed by atoms with Crippen LogP contribution in [0, 0.1) is 0 Å². The predicted molar refractivity (Wildman–Crippen MR) is 104 cm³/mol. The number of carbonyl (C=O) groups is 2. The maximum Gasteiger partial charge on any atom is 0.255 e. The third-order valence-electron chi connectivity index (χ3n) is 5.19. The smallest absolute Gasteiger partial charge is 0.255 e. The lowest BCUT2D eigenvalue weighted by atomic mass is 9.74. The summed E-state index contributed by atoms with van der Waals surface area (Å²) in [6.45, 7) is 0.139. The van der Waals surface area contributed by atoms with E-state index in [1.165, 1.54) is 13.3 Å². The third-order valence-corrected chi connectivity index (χ3v) is 5.19. The number of ether oxygens (including phenoxy) is 1. The molecule has 0 radical (unpaired) electrons. The molecule has 3 atom stereocenters. The van der Waals surface area contributed by atoms with Crippen molar-refractivity contribution in [3.05, 3.63) is 66.0 Å². The Morgan fingerprint density at radius 2 is 1.93 bits per heavy atom. The van der Waals surface area contributed by atoms with Gasteiger partial charge in [0, 0.05) is 39.0 Å². The summed E-state index contributed by atoms with van der Waals surface area (Å²) >= 11 is 0. The van der Waals surface area contributed by atoms with Crippen LogP contribution in [-0.4, -0.2) is 77.7 Å². The van der Waals surface area contributed by atoms with Crippen molar-refractivity contribution in [1.29, 1.82) is 0 Å². The summed E-state index contributed by atoms with van der Waals surface area (Å²) in [5, 5.41) is 9.92. The Hall–Kier alpha value is -2.77. The van der Waals surface area contributed by atoms with Gasteiger partial charge in [-0.05, 0) is 17.7 Å². The van der Waals surface area contributed by atoms with Gasteiger partial charge in [0.2, 0.25) is 5.91 Å². The largest absolute Gasteiger partial charge is 0.394 e. The zero-order valence-corrected chi connectivity index (χ0v) is 16.1. The molecule has 1 aromatic carbocycles. The van der Waals surface area contributed by atoms with E-state index in [-0.39, 0.29) is 43.0 Å². The van der Waals surface area contributed by atoms with Crippen LogP contribution >= 0.6 is 0 Å². The number of nitrogens with zero attached hydrogens (tertiary/aromatic N) is 3. The van der Waals surface area contributed by atoms with E-state index < -0.39 is 0 Å². The summed E-state index contributed by atoms with van der Waals surface area (Å²) in [7, 11) is 3.18. The SMILES string of the molecule is COCC(=O)N1[C@H](CO)[C@@H](c2ccccc2)[C@@H]1CN(C)C(=O)c1cccnc1. The highest BCUT2D eigenvalue weighted by atomic mass is 16.5. The normalized spacial score (nSPS) is 21.1. The Morgan fingerprint density at radius 3 is 2.54 bits per heavy atom. The highest BCUT2D eigenvalue weighted by Gasteiger charge is 2.51. The van der Waals surface area contributed by atoms with Crippen molar-refractivity contribution in [2.45, 2.75) is 18.0 Å². The van der Waals surface area contributed by atoms with Crippen LogP contribution < -0.4 is 0 Å². The molecule has 2 aromatic rings. The highest BCUT2D eigenvalue weighted by Crippen LogP contribution is 2.41. The van der Waals surface area contributed by atoms with Crippen molar-refractivity contribution in [1.82, 2.24) is 14.8 Å². The lowest BCUT2D eigenvalue weighted by Crippen LogP contribution is -2.69. The molecule has 0 spiro atoms. The van der Waals surface area contributed by atoms with E-state index >= 15 is 0 Å². The van der Waals surface area contributed by atoms with E-state index in [0.717, 1.165) is 5.56 Å². The number of rotatable bonds is 7. The van der Waals surface area contributed by atoms with E-state index in [4.69, 9.17) is 4.74 Å². The van der Waals surface area contributed by atoms with Gasteiger partial charge < -0.3 is 19.6 Å². The summed E-state index contributed by atoms with van der Waals surface area (Å²) in [6, 6.07) is 12.6. The lowest BCUT2D eigenvalue weighted by Gasteiger charge is -2.55. The Kier molecular flexibility index (Phi) is 6.38. The van der Waals surface area contributed by atoms with Crippen LogP contribution in [0.5, 0.6) is 0 Å². The number of amides is 2. The average molecular weight is 383 g/mol. The van der Waals surface area contributed by atoms with Gasteiger partial charge >= 0.3 is 0 Å². The van der Waals surface area contributed by atoms with Gasteiger partial charge in [-0.3, -0.25) is 14.6 Å². The van der Waals surface area contributed by atoms with Crippen LogP contribution in [-0.2, 0) is 9.53 Å². The number of aliphatic hydroxyl groups is 1. The fourth-order valence-corrected chi connectivity index (χ4v) is 3.91. The van der Waals surface area contributed by atoms with E-state index in [9.17, 15) is 14.7 Å². The first-order valence-electron chi connectivity index (χ1n) is 9.19. The maximum atomic E-state index is 12.7. The van der Waals surface area contributed by atoms with Crippen molar-refractivity contribution < 1.29 is 19.4 Å². The molecule has 0 aliphatic carbocycles. The number of aromatic nitrogens is 1. The zero-order chi connectivity index (χ0) is 20.1. The van der Waals surface area contributed by atoms with Gasteiger partial charge in [-0.15, -0.1) is 0 Å². The lowest BCUT2D eigenvalue weighted by molar-refractivity contribution is -0.155. The number of aliphatic hydroxyl groups excluding tert-OH is 1. The molecule has 28 heavy (non-hydrogen) atoms. The molecule has 1 aliphatic heterocycles. The number of pyridine rings is 1. The Bertz CT molecular complexity index is 800. The minimum atomic E-state index is -0.336. The standard InChI is InChI=1S/C21H25N3O4/c1-23(21(27)16-9-6-10-22-11-16)12-17-20(15-7-4-3-5-8-15)18(13-25)24(17)19(26)14-28-2/h3-11,17-18,20,25H,12-14H2,1-2H3/t17-,18+,20-/m0/s1. The molecule has 7 heteroatoms. The number of benzene rings is 1. The molecule has 2 heterocycles. The molecule has 1 fully saturated rings. The van der Waals surface area contributed by atoms with Crippen molar-refractivity contribution >= 4 is 11.8 Å². The van der Waals surface area contributed by atoms with Gasteiger partial charge in [-0.2, -0.15) is 0 Å². The number of methoxy groups -OCH3 is 1. The van der Waals surface area contributed by atoms with Gasteiger partial charge in [0.05, 0.1) is 24.3 Å². The van der Waals surface area contributed by atoms with Crippen LogP contribution in [0.25, 0.3) is 0 Å². The molecular formula is C21H25N3O4. The van der Waals surface area contributed by atoms with Crippen LogP contribution in [0.15, 0.2) is 54.9 Å². The van der Waals surface area contributed by atoms with E-state index in [2.05, 4.69) is 4.98 Å². The predicted octanol–water partition coefficient (Wildman–Crippen LogP) is 1.16. The number of carbonyl (C=O) groups excluding carboxylic acids is 2. The van der Waals surface area contributed by atoms with E-state index in [1.54, 1.807) is 35.2 Å². The van der Waals surface area contributed by atoms with Crippen LogP contribution in [0.3, 0.4) is 0 Å². The average Bonchev–Trinajstić information content (AvgIpc) is 2.71. The Balaban J connectivity index is 1.84. The van der Waals surface area contributed by atoms with Gasteiger partial charge in [0.15, 0.2) is 0 Å². The highest BCUT2D eigenvalue weighted by molar-refractivity contribution is 5.93. The number of hydrogen-bond acceptors (Lipinski definition) is 5. The van der Waals surface area contributed by atoms with Crippen LogP contribution in [0.2, 0.25) is 0 Å². The van der Waals surface area contributed by atoms with Crippen LogP contribution in [0.1, 0.15) is 21.8 Å². The van der Waals surface area contributed by atoms with Gasteiger partial charge in [-0.1, -0.05) is 30.3 Å². The molecule has 1 N–H and O–H groups in total. The summed E-state index contributed by atoms with van der Waals surface area (Å²) in [6.07, 6.45) is 3.14. The molecular weight excluding hydrogens is 358 g/mol. The maximum absolute atomic E-state index is 12.7. The number of hydrogen-bond donors (Lipinski definition) is 1. The molecule has 7 nitrogen and oxygen atoms in total. The zero-order valence-electron chi connectivity index (χ0n) is 16.1. The van der Waals surface area contributed by atoms with Crippen LogP contribution in [0.4, 0.5) is 0 Å². The Labute approximate surface area is 164 Å². The summed E-state index contributed by atoms with van der Waals surface area (Å²) in [4.78, 5) is 32.5. The quantitative estimate of drug-likeness (QED) is 0.776. The van der Waals surface area contributed by atoms with Crippen molar-refractivity contribution in [2.75, 3.05) is 33.9 Å². The molecule has 1 aromatic heterocycles. The van der Waals surface area contributed by atoms with Crippen molar-refractivity contribution in [2.24, 2.45) is 0 Å². The first kappa shape index (κ1) is 20.0. The fourth-order valence-electron chi connectivity index (χ4n) is 3.91. The van der Waals surface area contributed by atoms with Gasteiger partial charge in [0.1, 0.15) is 6.61 Å². The Morgan fingerprint density at radius 1 is 1.18 bits per heavy atom. The molecule has 0 saturated carbocycles.